The van der Waals surface area contributed by atoms with Crippen molar-refractivity contribution >= 4 is 0 Å². The Bertz CT molecular complexity index is 479. The van der Waals surface area contributed by atoms with Crippen LogP contribution in [0.4, 0.5) is 0 Å². The average Bonchev–Trinajstić information content (AvgIpc) is 2.46. The van der Waals surface area contributed by atoms with Crippen LogP contribution in [0.15, 0.2) is 54.6 Å². The highest BCUT2D eigenvalue weighted by Gasteiger charge is 2.13. The van der Waals surface area contributed by atoms with Crippen molar-refractivity contribution in [3.8, 4) is 5.75 Å². The summed E-state index contributed by atoms with van der Waals surface area (Å²) in [5.41, 5.74) is 2.29. The Balaban J connectivity index is 2.21. The van der Waals surface area contributed by atoms with Crippen LogP contribution in [0.25, 0.3) is 0 Å². The summed E-state index contributed by atoms with van der Waals surface area (Å²) >= 11 is 0. The van der Waals surface area contributed by atoms with Gasteiger partial charge in [0.2, 0.25) is 0 Å². The first-order chi connectivity index (χ1) is 8.85. The minimum absolute atomic E-state index is 0.113. The van der Waals surface area contributed by atoms with E-state index in [1.807, 2.05) is 42.5 Å². The standard InChI is InChI=1S/C16H18O2/c1-18-16-10-6-5-9-14(16)11-15(12-17)13-7-3-2-4-8-13/h2-10,15,17H,11-12H2,1H3. The Morgan fingerprint density at radius 1 is 1.00 bits per heavy atom. The fourth-order valence-electron chi connectivity index (χ4n) is 2.15. The minimum Gasteiger partial charge on any atom is -0.496 e. The number of para-hydroxylation sites is 1. The zero-order chi connectivity index (χ0) is 12.8. The smallest absolute Gasteiger partial charge is 0.122 e. The van der Waals surface area contributed by atoms with Gasteiger partial charge >= 0.3 is 0 Å². The molecule has 18 heavy (non-hydrogen) atoms. The Labute approximate surface area is 108 Å². The summed E-state index contributed by atoms with van der Waals surface area (Å²) in [6.45, 7) is 0.141. The molecule has 0 spiro atoms. The number of ether oxygens (including phenoxy) is 1. The number of hydrogen-bond acceptors (Lipinski definition) is 2. The van der Waals surface area contributed by atoms with E-state index in [0.717, 1.165) is 23.3 Å². The van der Waals surface area contributed by atoms with E-state index in [-0.39, 0.29) is 12.5 Å². The molecule has 1 N–H and O–H groups in total. The normalized spacial score (nSPS) is 12.1. The molecular weight excluding hydrogens is 224 g/mol. The maximum absolute atomic E-state index is 9.56. The first-order valence-corrected chi connectivity index (χ1v) is 6.13. The lowest BCUT2D eigenvalue weighted by Gasteiger charge is -2.16. The van der Waals surface area contributed by atoms with E-state index in [1.165, 1.54) is 0 Å². The van der Waals surface area contributed by atoms with Crippen LogP contribution in [-0.4, -0.2) is 18.8 Å². The van der Waals surface area contributed by atoms with E-state index in [2.05, 4.69) is 12.1 Å². The number of methoxy groups -OCH3 is 1. The first kappa shape index (κ1) is 12.7. The molecular formula is C16H18O2. The quantitative estimate of drug-likeness (QED) is 0.873. The van der Waals surface area contributed by atoms with E-state index in [1.54, 1.807) is 7.11 Å². The fraction of sp³-hybridized carbons (Fsp3) is 0.250. The van der Waals surface area contributed by atoms with Crippen LogP contribution in [0.5, 0.6) is 5.75 Å². The first-order valence-electron chi connectivity index (χ1n) is 6.13. The SMILES string of the molecule is COc1ccccc1CC(CO)c1ccccc1. The molecule has 2 rings (SSSR count). The number of aliphatic hydroxyl groups is 1. The number of hydrogen-bond donors (Lipinski definition) is 1. The van der Waals surface area contributed by atoms with Crippen molar-refractivity contribution in [3.63, 3.8) is 0 Å². The molecule has 2 nitrogen and oxygen atoms in total. The van der Waals surface area contributed by atoms with Gasteiger partial charge in [0.15, 0.2) is 0 Å². The van der Waals surface area contributed by atoms with Gasteiger partial charge in [0, 0.05) is 5.92 Å². The molecule has 1 atom stereocenters. The highest BCUT2D eigenvalue weighted by atomic mass is 16.5. The Morgan fingerprint density at radius 2 is 1.67 bits per heavy atom. The third kappa shape index (κ3) is 2.90. The third-order valence-electron chi connectivity index (χ3n) is 3.15. The summed E-state index contributed by atoms with van der Waals surface area (Å²) in [4.78, 5) is 0. The van der Waals surface area contributed by atoms with Crippen molar-refractivity contribution in [1.82, 2.24) is 0 Å². The zero-order valence-corrected chi connectivity index (χ0v) is 10.5. The molecule has 0 aliphatic carbocycles. The Hall–Kier alpha value is -1.80. The maximum atomic E-state index is 9.56. The molecule has 0 heterocycles. The summed E-state index contributed by atoms with van der Waals surface area (Å²) in [6, 6.07) is 18.0. The van der Waals surface area contributed by atoms with Crippen molar-refractivity contribution in [2.45, 2.75) is 12.3 Å². The van der Waals surface area contributed by atoms with Crippen LogP contribution in [0.3, 0.4) is 0 Å². The molecule has 0 aliphatic rings. The molecule has 0 bridgehead atoms. The predicted molar refractivity (Wildman–Crippen MR) is 73.0 cm³/mol. The second-order valence-corrected chi connectivity index (χ2v) is 4.31. The van der Waals surface area contributed by atoms with Crippen LogP contribution in [0.2, 0.25) is 0 Å². The molecule has 0 radical (unpaired) electrons. The van der Waals surface area contributed by atoms with Gasteiger partial charge < -0.3 is 9.84 Å². The molecule has 2 aromatic rings. The lowest BCUT2D eigenvalue weighted by molar-refractivity contribution is 0.263. The van der Waals surface area contributed by atoms with Crippen molar-refractivity contribution in [3.05, 3.63) is 65.7 Å². The lowest BCUT2D eigenvalue weighted by atomic mass is 9.92. The van der Waals surface area contributed by atoms with Gasteiger partial charge in [-0.25, -0.2) is 0 Å². The van der Waals surface area contributed by atoms with E-state index >= 15 is 0 Å². The summed E-state index contributed by atoms with van der Waals surface area (Å²) < 4.78 is 5.34. The molecule has 1 unspecified atom stereocenters. The zero-order valence-electron chi connectivity index (χ0n) is 10.5. The highest BCUT2D eigenvalue weighted by molar-refractivity contribution is 5.35. The summed E-state index contributed by atoms with van der Waals surface area (Å²) in [5, 5.41) is 9.56. The molecule has 2 aromatic carbocycles. The van der Waals surface area contributed by atoms with Crippen LogP contribution >= 0.6 is 0 Å². The van der Waals surface area contributed by atoms with Gasteiger partial charge in [-0.1, -0.05) is 48.5 Å². The molecule has 0 fully saturated rings. The molecule has 2 heteroatoms. The molecule has 0 saturated carbocycles. The summed E-state index contributed by atoms with van der Waals surface area (Å²) in [7, 11) is 1.68. The van der Waals surface area contributed by atoms with Gasteiger partial charge in [0.25, 0.3) is 0 Å². The second-order valence-electron chi connectivity index (χ2n) is 4.31. The number of benzene rings is 2. The second kappa shape index (κ2) is 6.22. The van der Waals surface area contributed by atoms with E-state index < -0.39 is 0 Å². The maximum Gasteiger partial charge on any atom is 0.122 e. The van der Waals surface area contributed by atoms with Crippen molar-refractivity contribution in [1.29, 1.82) is 0 Å². The van der Waals surface area contributed by atoms with Gasteiger partial charge in [-0.3, -0.25) is 0 Å². The molecule has 0 aromatic heterocycles. The number of aliphatic hydroxyl groups excluding tert-OH is 1. The number of rotatable bonds is 5. The van der Waals surface area contributed by atoms with Crippen molar-refractivity contribution < 1.29 is 9.84 Å². The van der Waals surface area contributed by atoms with Gasteiger partial charge in [-0.15, -0.1) is 0 Å². The third-order valence-corrected chi connectivity index (χ3v) is 3.15. The predicted octanol–water partition coefficient (Wildman–Crippen LogP) is 3.01. The van der Waals surface area contributed by atoms with Gasteiger partial charge in [-0.2, -0.15) is 0 Å². The van der Waals surface area contributed by atoms with Crippen LogP contribution in [0.1, 0.15) is 17.0 Å². The topological polar surface area (TPSA) is 29.5 Å². The fourth-order valence-corrected chi connectivity index (χ4v) is 2.15. The van der Waals surface area contributed by atoms with Crippen molar-refractivity contribution in [2.75, 3.05) is 13.7 Å². The molecule has 0 saturated heterocycles. The Kier molecular flexibility index (Phi) is 4.37. The summed E-state index contributed by atoms with van der Waals surface area (Å²) in [6.07, 6.45) is 0.782. The average molecular weight is 242 g/mol. The van der Waals surface area contributed by atoms with Gasteiger partial charge in [0.1, 0.15) is 5.75 Å². The largest absolute Gasteiger partial charge is 0.496 e. The lowest BCUT2D eigenvalue weighted by Crippen LogP contribution is -2.08. The van der Waals surface area contributed by atoms with Gasteiger partial charge in [0.05, 0.1) is 13.7 Å². The minimum atomic E-state index is 0.113. The molecule has 0 aliphatic heterocycles. The highest BCUT2D eigenvalue weighted by Crippen LogP contribution is 2.26. The van der Waals surface area contributed by atoms with E-state index in [9.17, 15) is 5.11 Å². The van der Waals surface area contributed by atoms with E-state index in [4.69, 9.17) is 4.74 Å². The van der Waals surface area contributed by atoms with Crippen LogP contribution in [0, 0.1) is 0 Å². The van der Waals surface area contributed by atoms with E-state index in [0.29, 0.717) is 0 Å². The monoisotopic (exact) mass is 242 g/mol. The van der Waals surface area contributed by atoms with Gasteiger partial charge in [-0.05, 0) is 23.6 Å². The molecule has 94 valence electrons. The van der Waals surface area contributed by atoms with Crippen LogP contribution < -0.4 is 4.74 Å². The molecule has 0 amide bonds. The van der Waals surface area contributed by atoms with Crippen LogP contribution in [-0.2, 0) is 6.42 Å². The summed E-state index contributed by atoms with van der Waals surface area (Å²) in [5.74, 6) is 0.995. The van der Waals surface area contributed by atoms with Crippen molar-refractivity contribution in [2.24, 2.45) is 0 Å². The Morgan fingerprint density at radius 3 is 2.33 bits per heavy atom.